The third kappa shape index (κ3) is 5.28. The molecule has 2 amide bonds. The van der Waals surface area contributed by atoms with E-state index in [9.17, 15) is 4.79 Å². The number of carbonyl (C=O) groups is 1. The van der Waals surface area contributed by atoms with E-state index in [1.807, 2.05) is 32.6 Å². The van der Waals surface area contributed by atoms with E-state index in [4.69, 9.17) is 14.6 Å². The van der Waals surface area contributed by atoms with Crippen LogP contribution in [0, 0.1) is 5.82 Å². The molecule has 1 aromatic carbocycles. The van der Waals surface area contributed by atoms with E-state index < -0.39 is 0 Å². The minimum Gasteiger partial charge on any atom is -0.378 e. The third-order valence-corrected chi connectivity index (χ3v) is 6.90. The number of morpholine rings is 1. The maximum absolute atomic E-state index is 15.0. The van der Waals surface area contributed by atoms with Crippen molar-refractivity contribution in [1.29, 1.82) is 0 Å². The van der Waals surface area contributed by atoms with Gasteiger partial charge in [0.2, 0.25) is 0 Å². The van der Waals surface area contributed by atoms with Crippen LogP contribution in [0.2, 0.25) is 0 Å². The number of amides is 2. The van der Waals surface area contributed by atoms with Crippen molar-refractivity contribution in [2.24, 2.45) is 0 Å². The van der Waals surface area contributed by atoms with Crippen LogP contribution in [-0.4, -0.2) is 75.7 Å². The molecular weight excluding hydrogens is 477 g/mol. The molecule has 1 atom stereocenters. The first-order chi connectivity index (χ1) is 17.8. The van der Waals surface area contributed by atoms with Gasteiger partial charge in [0.1, 0.15) is 12.0 Å². The van der Waals surface area contributed by atoms with Crippen LogP contribution in [-0.2, 0) is 9.47 Å². The molecule has 0 bridgehead atoms. The standard InChI is InChI=1S/C26H36FN7O3/c1-16(2)34(17(3)4)26(35)30-21-15-33(23-7-5-6-10-37-23)31-24(21)25-28-19-13-18(27)22(14-20(19)29-25)32-8-11-36-12-9-32/h13-17,23H,5-12H2,1-4H3,(H,28,29)(H,30,35). The fraction of sp³-hybridized carbons (Fsp3) is 0.577. The molecule has 5 rings (SSSR count). The number of hydrogen-bond donors (Lipinski definition) is 2. The zero-order valence-corrected chi connectivity index (χ0v) is 22.0. The van der Waals surface area contributed by atoms with Gasteiger partial charge in [-0.15, -0.1) is 0 Å². The molecule has 10 nitrogen and oxygen atoms in total. The lowest BCUT2D eigenvalue weighted by atomic mass is 10.2. The number of hydrogen-bond acceptors (Lipinski definition) is 6. The van der Waals surface area contributed by atoms with Gasteiger partial charge < -0.3 is 29.6 Å². The molecular formula is C26H36FN7O3. The Morgan fingerprint density at radius 1 is 1.16 bits per heavy atom. The highest BCUT2D eigenvalue weighted by Crippen LogP contribution is 2.33. The van der Waals surface area contributed by atoms with Crippen LogP contribution >= 0.6 is 0 Å². The number of urea groups is 1. The Hall–Kier alpha value is -3.18. The van der Waals surface area contributed by atoms with Crippen LogP contribution in [0.5, 0.6) is 0 Å². The first-order valence-corrected chi connectivity index (χ1v) is 13.1. The number of H-pyrrole nitrogens is 1. The molecule has 2 aliphatic rings. The van der Waals surface area contributed by atoms with Crippen molar-refractivity contribution in [3.63, 3.8) is 0 Å². The molecule has 3 aromatic rings. The van der Waals surface area contributed by atoms with Gasteiger partial charge in [-0.2, -0.15) is 5.10 Å². The van der Waals surface area contributed by atoms with Gasteiger partial charge in [-0.05, 0) is 53.0 Å². The summed E-state index contributed by atoms with van der Waals surface area (Å²) in [5.41, 5.74) is 2.73. The highest BCUT2D eigenvalue weighted by molar-refractivity contribution is 5.94. The van der Waals surface area contributed by atoms with E-state index in [0.717, 1.165) is 19.3 Å². The number of benzene rings is 1. The lowest BCUT2D eigenvalue weighted by Crippen LogP contribution is -2.44. The SMILES string of the molecule is CC(C)N(C(=O)Nc1cn(C2CCCCO2)nc1-c1nc2cc(F)c(N3CCOCC3)cc2[nH]1)C(C)C. The molecule has 2 N–H and O–H groups in total. The van der Waals surface area contributed by atoms with E-state index in [1.54, 1.807) is 21.8 Å². The van der Waals surface area contributed by atoms with Gasteiger partial charge in [-0.1, -0.05) is 0 Å². The number of rotatable bonds is 6. The Morgan fingerprint density at radius 2 is 1.92 bits per heavy atom. The summed E-state index contributed by atoms with van der Waals surface area (Å²) in [7, 11) is 0. The van der Waals surface area contributed by atoms with Crippen molar-refractivity contribution in [3.05, 3.63) is 24.1 Å². The molecule has 0 saturated carbocycles. The lowest BCUT2D eigenvalue weighted by Gasteiger charge is -2.30. The van der Waals surface area contributed by atoms with Crippen LogP contribution in [0.25, 0.3) is 22.6 Å². The number of nitrogens with one attached hydrogen (secondary N) is 2. The molecule has 4 heterocycles. The fourth-order valence-corrected chi connectivity index (χ4v) is 5.16. The van der Waals surface area contributed by atoms with Crippen molar-refractivity contribution in [2.45, 2.75) is 65.3 Å². The molecule has 1 unspecified atom stereocenters. The fourth-order valence-electron chi connectivity index (χ4n) is 5.16. The number of ether oxygens (including phenoxy) is 2. The van der Waals surface area contributed by atoms with Crippen molar-refractivity contribution in [3.8, 4) is 11.5 Å². The molecule has 37 heavy (non-hydrogen) atoms. The number of imidazole rings is 1. The third-order valence-electron chi connectivity index (χ3n) is 6.90. The van der Waals surface area contributed by atoms with Gasteiger partial charge in [-0.25, -0.2) is 18.9 Å². The van der Waals surface area contributed by atoms with Crippen LogP contribution in [0.15, 0.2) is 18.3 Å². The minimum absolute atomic E-state index is 0.0213. The Kier molecular flexibility index (Phi) is 7.34. The molecule has 200 valence electrons. The Morgan fingerprint density at radius 3 is 2.59 bits per heavy atom. The van der Waals surface area contributed by atoms with E-state index in [2.05, 4.69) is 15.3 Å². The molecule has 0 aliphatic carbocycles. The molecule has 11 heteroatoms. The summed E-state index contributed by atoms with van der Waals surface area (Å²) in [4.78, 5) is 25.0. The Bertz CT molecular complexity index is 1230. The number of aromatic nitrogens is 4. The molecule has 2 saturated heterocycles. The van der Waals surface area contributed by atoms with Crippen molar-refractivity contribution < 1.29 is 18.7 Å². The van der Waals surface area contributed by atoms with Gasteiger partial charge in [0.15, 0.2) is 11.5 Å². The van der Waals surface area contributed by atoms with Crippen LogP contribution in [0.4, 0.5) is 20.6 Å². The second-order valence-corrected chi connectivity index (χ2v) is 10.2. The van der Waals surface area contributed by atoms with Gasteiger partial charge in [0.05, 0.1) is 41.8 Å². The number of nitrogens with zero attached hydrogens (tertiary/aromatic N) is 5. The minimum atomic E-state index is -0.327. The van der Waals surface area contributed by atoms with Crippen LogP contribution in [0.1, 0.15) is 53.2 Å². The van der Waals surface area contributed by atoms with E-state index in [-0.39, 0.29) is 30.2 Å². The summed E-state index contributed by atoms with van der Waals surface area (Å²) in [6.07, 6.45) is 4.50. The van der Waals surface area contributed by atoms with Crippen molar-refractivity contribution >= 4 is 28.4 Å². The normalized spacial score (nSPS) is 18.7. The summed E-state index contributed by atoms with van der Waals surface area (Å²) >= 11 is 0. The van der Waals surface area contributed by atoms with Gasteiger partial charge in [0, 0.05) is 37.8 Å². The van der Waals surface area contributed by atoms with Crippen molar-refractivity contribution in [1.82, 2.24) is 24.6 Å². The maximum atomic E-state index is 15.0. The summed E-state index contributed by atoms with van der Waals surface area (Å²) in [5, 5.41) is 7.82. The summed E-state index contributed by atoms with van der Waals surface area (Å²) in [5.74, 6) is 0.130. The Balaban J connectivity index is 1.52. The monoisotopic (exact) mass is 513 g/mol. The van der Waals surface area contributed by atoms with Gasteiger partial charge in [-0.3, -0.25) is 0 Å². The van der Waals surface area contributed by atoms with E-state index in [0.29, 0.717) is 66.8 Å². The predicted molar refractivity (Wildman–Crippen MR) is 140 cm³/mol. The predicted octanol–water partition coefficient (Wildman–Crippen LogP) is 4.75. The zero-order valence-electron chi connectivity index (χ0n) is 22.0. The maximum Gasteiger partial charge on any atom is 0.322 e. The summed E-state index contributed by atoms with van der Waals surface area (Å²) < 4.78 is 28.1. The van der Waals surface area contributed by atoms with E-state index >= 15 is 4.39 Å². The lowest BCUT2D eigenvalue weighted by molar-refractivity contribution is -0.0393. The van der Waals surface area contributed by atoms with Crippen LogP contribution in [0.3, 0.4) is 0 Å². The highest BCUT2D eigenvalue weighted by atomic mass is 19.1. The van der Waals surface area contributed by atoms with E-state index in [1.165, 1.54) is 6.07 Å². The second-order valence-electron chi connectivity index (χ2n) is 10.2. The molecule has 0 radical (unpaired) electrons. The van der Waals surface area contributed by atoms with Gasteiger partial charge in [0.25, 0.3) is 0 Å². The Labute approximate surface area is 216 Å². The number of aromatic amines is 1. The number of halogens is 1. The summed E-state index contributed by atoms with van der Waals surface area (Å²) in [6, 6.07) is 3.05. The topological polar surface area (TPSA) is 101 Å². The average molecular weight is 514 g/mol. The molecule has 2 aromatic heterocycles. The average Bonchev–Trinajstić information content (AvgIpc) is 3.47. The first-order valence-electron chi connectivity index (χ1n) is 13.1. The second kappa shape index (κ2) is 10.7. The molecule has 2 fully saturated rings. The number of fused-ring (bicyclic) bond motifs is 1. The zero-order chi connectivity index (χ0) is 26.1. The summed E-state index contributed by atoms with van der Waals surface area (Å²) in [6.45, 7) is 11.0. The number of anilines is 2. The van der Waals surface area contributed by atoms with Crippen LogP contribution < -0.4 is 10.2 Å². The first kappa shape index (κ1) is 25.5. The van der Waals surface area contributed by atoms with Gasteiger partial charge >= 0.3 is 6.03 Å². The molecule has 2 aliphatic heterocycles. The largest absolute Gasteiger partial charge is 0.378 e. The van der Waals surface area contributed by atoms with Crippen molar-refractivity contribution in [2.75, 3.05) is 43.1 Å². The number of carbonyl (C=O) groups excluding carboxylic acids is 1. The molecule has 0 spiro atoms. The highest BCUT2D eigenvalue weighted by Gasteiger charge is 2.26. The quantitative estimate of drug-likeness (QED) is 0.493. The smallest absolute Gasteiger partial charge is 0.322 e.